The quantitative estimate of drug-likeness (QED) is 0.709. The molecule has 96 valence electrons. The Kier molecular flexibility index (Phi) is 2.32. The van der Waals surface area contributed by atoms with Crippen molar-refractivity contribution in [3.63, 3.8) is 0 Å². The second kappa shape index (κ2) is 3.36. The third-order valence-electron chi connectivity index (χ3n) is 5.58. The molecule has 2 heterocycles. The lowest BCUT2D eigenvalue weighted by Crippen LogP contribution is -2.48. The van der Waals surface area contributed by atoms with Crippen LogP contribution in [0, 0.1) is 23.7 Å². The first-order valence-corrected chi connectivity index (χ1v) is 6.99. The number of hydrogen-bond donors (Lipinski definition) is 1. The van der Waals surface area contributed by atoms with Crippen LogP contribution in [0.2, 0.25) is 0 Å². The normalized spacial score (nSPS) is 53.2. The molecule has 5 atom stereocenters. The molecule has 3 fully saturated rings. The molecule has 3 rings (SSSR count). The largest absolute Gasteiger partial charge is 0.365 e. The van der Waals surface area contributed by atoms with E-state index in [0.29, 0.717) is 24.2 Å². The van der Waals surface area contributed by atoms with E-state index in [4.69, 9.17) is 4.74 Å². The molecule has 0 aromatic rings. The van der Waals surface area contributed by atoms with Gasteiger partial charge in [-0.05, 0) is 31.1 Å². The first-order chi connectivity index (χ1) is 7.89. The SMILES string of the molecule is C=C1C[C@]2(O)O[C@@]3(C[C@H]2C(C)C)[C@@H](C)CC[C@@H]13. The lowest BCUT2D eigenvalue weighted by atomic mass is 9.77. The van der Waals surface area contributed by atoms with E-state index in [9.17, 15) is 5.11 Å². The maximum Gasteiger partial charge on any atom is 0.173 e. The zero-order valence-corrected chi connectivity index (χ0v) is 11.2. The van der Waals surface area contributed by atoms with Gasteiger partial charge in [0.05, 0.1) is 5.60 Å². The predicted molar refractivity (Wildman–Crippen MR) is 67.4 cm³/mol. The number of aliphatic hydroxyl groups is 1. The zero-order chi connectivity index (χ0) is 12.4. The molecule has 1 N–H and O–H groups in total. The highest BCUT2D eigenvalue weighted by molar-refractivity contribution is 5.24. The molecule has 2 heteroatoms. The van der Waals surface area contributed by atoms with E-state index < -0.39 is 5.79 Å². The Morgan fingerprint density at radius 3 is 2.76 bits per heavy atom. The van der Waals surface area contributed by atoms with Crippen LogP contribution in [-0.2, 0) is 4.74 Å². The summed E-state index contributed by atoms with van der Waals surface area (Å²) >= 11 is 0. The molecule has 1 saturated carbocycles. The van der Waals surface area contributed by atoms with E-state index in [1.54, 1.807) is 0 Å². The van der Waals surface area contributed by atoms with Crippen LogP contribution in [0.15, 0.2) is 12.2 Å². The molecule has 1 spiro atoms. The third kappa shape index (κ3) is 1.34. The van der Waals surface area contributed by atoms with Gasteiger partial charge in [0.1, 0.15) is 0 Å². The Balaban J connectivity index is 2.04. The summed E-state index contributed by atoms with van der Waals surface area (Å²) in [5.74, 6) is 0.852. The summed E-state index contributed by atoms with van der Waals surface area (Å²) in [6, 6.07) is 0. The summed E-state index contributed by atoms with van der Waals surface area (Å²) in [4.78, 5) is 0. The highest BCUT2D eigenvalue weighted by atomic mass is 16.6. The Labute approximate surface area is 104 Å². The summed E-state index contributed by atoms with van der Waals surface area (Å²) in [6.07, 6.45) is 4.08. The van der Waals surface area contributed by atoms with Crippen molar-refractivity contribution >= 4 is 0 Å². The van der Waals surface area contributed by atoms with Gasteiger partial charge >= 0.3 is 0 Å². The predicted octanol–water partition coefficient (Wildman–Crippen LogP) is 3.11. The van der Waals surface area contributed by atoms with Gasteiger partial charge in [-0.15, -0.1) is 0 Å². The van der Waals surface area contributed by atoms with Gasteiger partial charge < -0.3 is 9.84 Å². The van der Waals surface area contributed by atoms with Gasteiger partial charge in [0.15, 0.2) is 5.79 Å². The molecule has 0 unspecified atom stereocenters. The molecule has 2 nitrogen and oxygen atoms in total. The van der Waals surface area contributed by atoms with E-state index in [0.717, 1.165) is 6.42 Å². The maximum absolute atomic E-state index is 10.8. The van der Waals surface area contributed by atoms with Crippen LogP contribution in [0.5, 0.6) is 0 Å². The van der Waals surface area contributed by atoms with E-state index >= 15 is 0 Å². The Morgan fingerprint density at radius 2 is 2.12 bits per heavy atom. The van der Waals surface area contributed by atoms with Crippen molar-refractivity contribution < 1.29 is 9.84 Å². The van der Waals surface area contributed by atoms with Crippen molar-refractivity contribution in [1.82, 2.24) is 0 Å². The molecule has 0 aromatic heterocycles. The van der Waals surface area contributed by atoms with Crippen LogP contribution >= 0.6 is 0 Å². The standard InChI is InChI=1S/C15H24O2/c1-9(2)13-8-14-11(4)5-6-12(14)10(3)7-15(13,16)17-14/h9,11-13,16H,3,5-8H2,1-2,4H3/t11-,12-,13-,14-,15-/m0/s1. The number of fused-ring (bicyclic) bond motifs is 1. The maximum atomic E-state index is 10.8. The van der Waals surface area contributed by atoms with Gasteiger partial charge in [-0.1, -0.05) is 32.9 Å². The second-order valence-electron chi connectivity index (χ2n) is 6.82. The fraction of sp³-hybridized carbons (Fsp3) is 0.867. The van der Waals surface area contributed by atoms with Gasteiger partial charge in [0.2, 0.25) is 0 Å². The highest BCUT2D eigenvalue weighted by Crippen LogP contribution is 2.63. The van der Waals surface area contributed by atoms with Crippen LogP contribution in [0.1, 0.15) is 46.5 Å². The topological polar surface area (TPSA) is 29.5 Å². The molecule has 1 aliphatic carbocycles. The fourth-order valence-corrected chi connectivity index (χ4v) is 4.64. The van der Waals surface area contributed by atoms with E-state index in [-0.39, 0.29) is 11.5 Å². The summed E-state index contributed by atoms with van der Waals surface area (Å²) in [5.41, 5.74) is 1.13. The van der Waals surface area contributed by atoms with Crippen molar-refractivity contribution in [3.8, 4) is 0 Å². The van der Waals surface area contributed by atoms with Crippen LogP contribution in [-0.4, -0.2) is 16.5 Å². The molecule has 2 saturated heterocycles. The first-order valence-electron chi connectivity index (χ1n) is 6.99. The first kappa shape index (κ1) is 11.7. The van der Waals surface area contributed by atoms with Crippen molar-refractivity contribution in [2.45, 2.75) is 57.8 Å². The summed E-state index contributed by atoms with van der Waals surface area (Å²) in [7, 11) is 0. The molecule has 0 radical (unpaired) electrons. The van der Waals surface area contributed by atoms with Gasteiger partial charge in [-0.3, -0.25) is 0 Å². The molecular formula is C15H24O2. The van der Waals surface area contributed by atoms with Gasteiger partial charge in [0, 0.05) is 18.3 Å². The minimum atomic E-state index is -0.930. The monoisotopic (exact) mass is 236 g/mol. The third-order valence-corrected chi connectivity index (χ3v) is 5.58. The fourth-order valence-electron chi connectivity index (χ4n) is 4.64. The summed E-state index contributed by atoms with van der Waals surface area (Å²) < 4.78 is 6.25. The van der Waals surface area contributed by atoms with Crippen molar-refractivity contribution in [2.24, 2.45) is 23.7 Å². The Hall–Kier alpha value is -0.340. The average molecular weight is 236 g/mol. The van der Waals surface area contributed by atoms with E-state index in [1.165, 1.54) is 18.4 Å². The van der Waals surface area contributed by atoms with Crippen molar-refractivity contribution in [2.75, 3.05) is 0 Å². The van der Waals surface area contributed by atoms with Gasteiger partial charge in [-0.2, -0.15) is 0 Å². The molecular weight excluding hydrogens is 212 g/mol. The van der Waals surface area contributed by atoms with Crippen molar-refractivity contribution in [3.05, 3.63) is 12.2 Å². The molecule has 0 amide bonds. The Bertz CT molecular complexity index is 362. The highest BCUT2D eigenvalue weighted by Gasteiger charge is 2.66. The zero-order valence-electron chi connectivity index (χ0n) is 11.2. The summed E-state index contributed by atoms with van der Waals surface area (Å²) in [6.45, 7) is 10.9. The smallest absolute Gasteiger partial charge is 0.173 e. The number of rotatable bonds is 1. The van der Waals surface area contributed by atoms with E-state index in [2.05, 4.69) is 27.4 Å². The minimum Gasteiger partial charge on any atom is -0.365 e. The lowest BCUT2D eigenvalue weighted by Gasteiger charge is -2.43. The molecule has 2 bridgehead atoms. The van der Waals surface area contributed by atoms with Crippen molar-refractivity contribution in [1.29, 1.82) is 0 Å². The Morgan fingerprint density at radius 1 is 1.41 bits per heavy atom. The molecule has 17 heavy (non-hydrogen) atoms. The number of hydrogen-bond acceptors (Lipinski definition) is 2. The lowest BCUT2D eigenvalue weighted by molar-refractivity contribution is -0.269. The van der Waals surface area contributed by atoms with Gasteiger partial charge in [-0.25, -0.2) is 0 Å². The number of ether oxygens (including phenoxy) is 1. The molecule has 2 aliphatic heterocycles. The molecule has 3 aliphatic rings. The minimum absolute atomic E-state index is 0.0982. The summed E-state index contributed by atoms with van der Waals surface area (Å²) in [5, 5.41) is 10.8. The van der Waals surface area contributed by atoms with Crippen LogP contribution in [0.4, 0.5) is 0 Å². The van der Waals surface area contributed by atoms with E-state index in [1.807, 2.05) is 0 Å². The molecule has 0 aromatic carbocycles. The average Bonchev–Trinajstić information content (AvgIpc) is 2.65. The van der Waals surface area contributed by atoms with Crippen LogP contribution in [0.25, 0.3) is 0 Å². The second-order valence-corrected chi connectivity index (χ2v) is 6.82. The van der Waals surface area contributed by atoms with Crippen LogP contribution < -0.4 is 0 Å². The van der Waals surface area contributed by atoms with Gasteiger partial charge in [0.25, 0.3) is 0 Å². The van der Waals surface area contributed by atoms with Crippen LogP contribution in [0.3, 0.4) is 0 Å².